The predicted molar refractivity (Wildman–Crippen MR) is 137 cm³/mol. The topological polar surface area (TPSA) is 82.2 Å². The van der Waals surface area contributed by atoms with Crippen molar-refractivity contribution in [2.24, 2.45) is 5.92 Å². The van der Waals surface area contributed by atoms with Crippen molar-refractivity contribution in [3.8, 4) is 5.69 Å². The van der Waals surface area contributed by atoms with Crippen molar-refractivity contribution in [1.29, 1.82) is 0 Å². The van der Waals surface area contributed by atoms with Crippen molar-refractivity contribution in [3.63, 3.8) is 0 Å². The maximum absolute atomic E-state index is 13.7. The summed E-state index contributed by atoms with van der Waals surface area (Å²) in [5.41, 5.74) is 0.671. The molecule has 3 atom stereocenters. The lowest BCUT2D eigenvalue weighted by Crippen LogP contribution is -2.50. The number of benzene rings is 1. The van der Waals surface area contributed by atoms with Crippen molar-refractivity contribution < 1.29 is 9.53 Å². The second-order valence-electron chi connectivity index (χ2n) is 10.1. The Balaban J connectivity index is 1.43. The monoisotopic (exact) mass is 495 g/mol. The minimum absolute atomic E-state index is 0.0473. The standard InChI is InChI=1S/C26H33N5O3S/c1-5-18-15-34-26(4,12-11-17(2)3)30(18)22(32)13-20-16-35-25-28-23-21(24(33)29(20)25)14-27-31(23)19-9-7-6-8-10-19/h6-10,14,17-18,20H,5,11-13,15-16H2,1-4H3. The number of hydrogen-bond donors (Lipinski definition) is 0. The van der Waals surface area contributed by atoms with Crippen molar-refractivity contribution in [3.05, 3.63) is 46.9 Å². The summed E-state index contributed by atoms with van der Waals surface area (Å²) in [7, 11) is 0. The summed E-state index contributed by atoms with van der Waals surface area (Å²) in [6.07, 6.45) is 4.49. The van der Waals surface area contributed by atoms with E-state index in [-0.39, 0.29) is 30.0 Å². The molecule has 1 aromatic carbocycles. The van der Waals surface area contributed by atoms with Gasteiger partial charge in [-0.25, -0.2) is 9.67 Å². The number of ether oxygens (including phenoxy) is 1. The van der Waals surface area contributed by atoms with Crippen LogP contribution in [0, 0.1) is 5.92 Å². The Morgan fingerprint density at radius 3 is 2.74 bits per heavy atom. The van der Waals surface area contributed by atoms with Crippen LogP contribution < -0.4 is 5.56 Å². The number of rotatable bonds is 7. The smallest absolute Gasteiger partial charge is 0.265 e. The zero-order chi connectivity index (χ0) is 24.7. The van der Waals surface area contributed by atoms with E-state index < -0.39 is 5.72 Å². The number of para-hydroxylation sites is 1. The first-order chi connectivity index (χ1) is 16.8. The van der Waals surface area contributed by atoms with Gasteiger partial charge >= 0.3 is 0 Å². The molecule has 0 radical (unpaired) electrons. The summed E-state index contributed by atoms with van der Waals surface area (Å²) in [5, 5.41) is 5.54. The summed E-state index contributed by atoms with van der Waals surface area (Å²) in [5.74, 6) is 1.23. The summed E-state index contributed by atoms with van der Waals surface area (Å²) >= 11 is 1.53. The Bertz CT molecular complexity index is 1290. The van der Waals surface area contributed by atoms with Crippen molar-refractivity contribution in [1.82, 2.24) is 24.2 Å². The molecule has 5 rings (SSSR count). The van der Waals surface area contributed by atoms with Crippen LogP contribution >= 0.6 is 11.8 Å². The molecule has 0 bridgehead atoms. The summed E-state index contributed by atoms with van der Waals surface area (Å²) in [4.78, 5) is 34.0. The molecule has 186 valence electrons. The van der Waals surface area contributed by atoms with Crippen LogP contribution in [0.3, 0.4) is 0 Å². The second-order valence-corrected chi connectivity index (χ2v) is 11.1. The predicted octanol–water partition coefficient (Wildman–Crippen LogP) is 4.41. The number of thioether (sulfide) groups is 1. The third-order valence-corrected chi connectivity index (χ3v) is 8.27. The average Bonchev–Trinajstić information content (AvgIpc) is 3.54. The molecule has 2 aliphatic heterocycles. The van der Waals surface area contributed by atoms with Crippen molar-refractivity contribution in [2.45, 2.75) is 76.3 Å². The fraction of sp³-hybridized carbons (Fsp3) is 0.538. The largest absolute Gasteiger partial charge is 0.354 e. The van der Waals surface area contributed by atoms with Crippen LogP contribution in [-0.2, 0) is 9.53 Å². The van der Waals surface area contributed by atoms with Gasteiger partial charge < -0.3 is 9.64 Å². The van der Waals surface area contributed by atoms with Crippen LogP contribution in [0.2, 0.25) is 0 Å². The van der Waals surface area contributed by atoms with Crippen LogP contribution in [-0.4, -0.2) is 54.3 Å². The molecule has 1 saturated heterocycles. The zero-order valence-corrected chi connectivity index (χ0v) is 21.6. The van der Waals surface area contributed by atoms with E-state index in [9.17, 15) is 9.59 Å². The van der Waals surface area contributed by atoms with E-state index in [1.54, 1.807) is 15.4 Å². The van der Waals surface area contributed by atoms with Gasteiger partial charge in [0.15, 0.2) is 10.8 Å². The fourth-order valence-electron chi connectivity index (χ4n) is 5.16. The van der Waals surface area contributed by atoms with Crippen LogP contribution in [0.5, 0.6) is 0 Å². The Labute approximate surface area is 209 Å². The number of aromatic nitrogens is 4. The molecule has 1 amide bonds. The van der Waals surface area contributed by atoms with Crippen LogP contribution in [0.15, 0.2) is 46.5 Å². The molecule has 2 aromatic heterocycles. The van der Waals surface area contributed by atoms with Crippen LogP contribution in [0.1, 0.15) is 59.4 Å². The second kappa shape index (κ2) is 9.43. The lowest BCUT2D eigenvalue weighted by molar-refractivity contribution is -0.151. The maximum Gasteiger partial charge on any atom is 0.265 e. The molecule has 3 aromatic rings. The third-order valence-electron chi connectivity index (χ3n) is 7.17. The van der Waals surface area contributed by atoms with Gasteiger partial charge in [-0.2, -0.15) is 5.10 Å². The van der Waals surface area contributed by atoms with Gasteiger partial charge in [-0.1, -0.05) is 50.7 Å². The van der Waals surface area contributed by atoms with Crippen molar-refractivity contribution in [2.75, 3.05) is 12.4 Å². The van der Waals surface area contributed by atoms with E-state index in [4.69, 9.17) is 9.72 Å². The lowest BCUT2D eigenvalue weighted by atomic mass is 9.99. The van der Waals surface area contributed by atoms with Crippen LogP contribution in [0.25, 0.3) is 16.7 Å². The highest BCUT2D eigenvalue weighted by Gasteiger charge is 2.46. The Morgan fingerprint density at radius 2 is 2.03 bits per heavy atom. The minimum atomic E-state index is -0.597. The number of nitrogens with zero attached hydrogens (tertiary/aromatic N) is 5. The minimum Gasteiger partial charge on any atom is -0.354 e. The zero-order valence-electron chi connectivity index (χ0n) is 20.8. The first kappa shape index (κ1) is 24.1. The van der Waals surface area contributed by atoms with E-state index in [2.05, 4.69) is 25.9 Å². The molecule has 9 heteroatoms. The maximum atomic E-state index is 13.7. The first-order valence-electron chi connectivity index (χ1n) is 12.5. The Hall–Kier alpha value is -2.65. The SMILES string of the molecule is CCC1COC(C)(CCC(C)C)N1C(=O)CC1CSc2nc3c(cnn3-c3ccccc3)c(=O)n21. The molecule has 2 aliphatic rings. The molecule has 4 heterocycles. The van der Waals surface area contributed by atoms with E-state index >= 15 is 0 Å². The molecule has 0 N–H and O–H groups in total. The molecule has 3 unspecified atom stereocenters. The summed E-state index contributed by atoms with van der Waals surface area (Å²) in [6.45, 7) is 9.07. The van der Waals surface area contributed by atoms with Gasteiger partial charge in [0.05, 0.1) is 30.6 Å². The number of carbonyl (C=O) groups is 1. The Morgan fingerprint density at radius 1 is 1.26 bits per heavy atom. The van der Waals surface area contributed by atoms with Gasteiger partial charge in [-0.05, 0) is 44.2 Å². The highest BCUT2D eigenvalue weighted by atomic mass is 32.2. The number of hydrogen-bond acceptors (Lipinski definition) is 6. The quantitative estimate of drug-likeness (QED) is 0.452. The Kier molecular flexibility index (Phi) is 6.48. The molecule has 1 fully saturated rings. The number of fused-ring (bicyclic) bond motifs is 2. The molecular weight excluding hydrogens is 462 g/mol. The molecule has 35 heavy (non-hydrogen) atoms. The van der Waals surface area contributed by atoms with Gasteiger partial charge in [-0.15, -0.1) is 0 Å². The fourth-order valence-corrected chi connectivity index (χ4v) is 6.29. The number of carbonyl (C=O) groups excluding carboxylic acids is 1. The van der Waals surface area contributed by atoms with Crippen LogP contribution in [0.4, 0.5) is 0 Å². The van der Waals surface area contributed by atoms with Crippen molar-refractivity contribution >= 4 is 28.7 Å². The van der Waals surface area contributed by atoms with Gasteiger partial charge in [0.1, 0.15) is 11.1 Å². The van der Waals surface area contributed by atoms with Gasteiger partial charge in [0.2, 0.25) is 5.91 Å². The highest BCUT2D eigenvalue weighted by molar-refractivity contribution is 7.99. The molecule has 0 aliphatic carbocycles. The van der Waals surface area contributed by atoms with E-state index in [0.717, 1.165) is 24.9 Å². The summed E-state index contributed by atoms with van der Waals surface area (Å²) in [6, 6.07) is 9.50. The summed E-state index contributed by atoms with van der Waals surface area (Å²) < 4.78 is 9.59. The highest BCUT2D eigenvalue weighted by Crippen LogP contribution is 2.38. The molecule has 0 spiro atoms. The first-order valence-corrected chi connectivity index (χ1v) is 13.5. The molecular formula is C26H33N5O3S. The number of amides is 1. The van der Waals surface area contributed by atoms with Gasteiger partial charge in [0.25, 0.3) is 5.56 Å². The average molecular weight is 496 g/mol. The molecule has 8 nitrogen and oxygen atoms in total. The molecule has 0 saturated carbocycles. The van der Waals surface area contributed by atoms with Gasteiger partial charge in [-0.3, -0.25) is 14.2 Å². The van der Waals surface area contributed by atoms with E-state index in [1.807, 2.05) is 42.2 Å². The lowest BCUT2D eigenvalue weighted by Gasteiger charge is -2.37. The normalized spacial score (nSPS) is 24.0. The van der Waals surface area contributed by atoms with E-state index in [0.29, 0.717) is 34.5 Å². The van der Waals surface area contributed by atoms with Gasteiger partial charge in [0, 0.05) is 12.2 Å². The third kappa shape index (κ3) is 4.29. The van der Waals surface area contributed by atoms with E-state index in [1.165, 1.54) is 11.8 Å².